The Labute approximate surface area is 137 Å². The zero-order chi connectivity index (χ0) is 16.4. The molecule has 1 aromatic heterocycles. The molecule has 0 aliphatic rings. The molecule has 116 valence electrons. The average Bonchev–Trinajstić information content (AvgIpc) is 2.50. The molecule has 0 fully saturated rings. The van der Waals surface area contributed by atoms with Crippen LogP contribution in [0.1, 0.15) is 11.3 Å². The summed E-state index contributed by atoms with van der Waals surface area (Å²) in [5, 5.41) is 0.297. The average molecular weight is 342 g/mol. The van der Waals surface area contributed by atoms with Gasteiger partial charge in [0.1, 0.15) is 11.5 Å². The highest BCUT2D eigenvalue weighted by molar-refractivity contribution is 7.80. The van der Waals surface area contributed by atoms with Gasteiger partial charge in [-0.2, -0.15) is 0 Å². The summed E-state index contributed by atoms with van der Waals surface area (Å²) in [5.41, 5.74) is 6.87. The van der Waals surface area contributed by atoms with Crippen LogP contribution in [0.3, 0.4) is 0 Å². The number of methoxy groups -OCH3 is 2. The summed E-state index contributed by atoms with van der Waals surface area (Å²) in [6.07, 6.45) is 0. The Morgan fingerprint density at radius 1 is 1.32 bits per heavy atom. The van der Waals surface area contributed by atoms with Gasteiger partial charge in [0.25, 0.3) is 0 Å². The van der Waals surface area contributed by atoms with E-state index in [0.717, 1.165) is 0 Å². The maximum Gasteiger partial charge on any atom is 0.210 e. The molecule has 0 amide bonds. The van der Waals surface area contributed by atoms with Gasteiger partial charge in [-0.15, -0.1) is 0 Å². The van der Waals surface area contributed by atoms with Crippen molar-refractivity contribution >= 4 is 34.7 Å². The minimum atomic E-state index is -0.674. The predicted molar refractivity (Wildman–Crippen MR) is 86.8 cm³/mol. The van der Waals surface area contributed by atoms with Gasteiger partial charge >= 0.3 is 0 Å². The normalized spacial score (nSPS) is 10.4. The van der Waals surface area contributed by atoms with Gasteiger partial charge in [-0.05, 0) is 31.3 Å². The van der Waals surface area contributed by atoms with E-state index in [1.165, 1.54) is 26.4 Å². The number of aromatic nitrogens is 2. The van der Waals surface area contributed by atoms with E-state index < -0.39 is 5.82 Å². The Bertz CT molecular complexity index is 755. The zero-order valence-electron chi connectivity index (χ0n) is 12.1. The summed E-state index contributed by atoms with van der Waals surface area (Å²) < 4.78 is 24.4. The SMILES string of the molecule is COC(=S)c1nc(-c2ccc(Cl)c(OC)c2F)nc(N)c1C. The number of hydrogen-bond acceptors (Lipinski definition) is 6. The standard InChI is InChI=1S/C14H13ClFN3O2S/c1-6-10(14(22)21-3)18-13(19-12(6)17)7-4-5-8(15)11(20-2)9(7)16/h4-5H,1-3H3,(H2,17,18,19). The Kier molecular flexibility index (Phi) is 4.77. The van der Waals surface area contributed by atoms with Crippen LogP contribution in [0.25, 0.3) is 11.4 Å². The molecule has 1 aromatic carbocycles. The number of thiocarbonyl (C=S) groups is 1. The van der Waals surface area contributed by atoms with E-state index in [1.54, 1.807) is 6.92 Å². The highest BCUT2D eigenvalue weighted by Gasteiger charge is 2.20. The molecule has 0 bridgehead atoms. The van der Waals surface area contributed by atoms with E-state index in [9.17, 15) is 4.39 Å². The minimum absolute atomic E-state index is 0.0740. The van der Waals surface area contributed by atoms with Crippen LogP contribution in [-0.4, -0.2) is 29.2 Å². The van der Waals surface area contributed by atoms with Crippen molar-refractivity contribution in [2.45, 2.75) is 6.92 Å². The molecule has 8 heteroatoms. The van der Waals surface area contributed by atoms with Crippen molar-refractivity contribution in [2.24, 2.45) is 0 Å². The van der Waals surface area contributed by atoms with Crippen molar-refractivity contribution in [2.75, 3.05) is 20.0 Å². The van der Waals surface area contributed by atoms with Crippen molar-refractivity contribution < 1.29 is 13.9 Å². The summed E-state index contributed by atoms with van der Waals surface area (Å²) in [6.45, 7) is 1.71. The predicted octanol–water partition coefficient (Wildman–Crippen LogP) is 3.16. The van der Waals surface area contributed by atoms with E-state index >= 15 is 0 Å². The molecule has 0 spiro atoms. The lowest BCUT2D eigenvalue weighted by Crippen LogP contribution is -2.11. The smallest absolute Gasteiger partial charge is 0.210 e. The Hall–Kier alpha value is -1.99. The van der Waals surface area contributed by atoms with Crippen LogP contribution in [-0.2, 0) is 4.74 Å². The largest absolute Gasteiger partial charge is 0.492 e. The molecule has 22 heavy (non-hydrogen) atoms. The molecule has 2 aromatic rings. The third-order valence-electron chi connectivity index (χ3n) is 3.06. The number of benzene rings is 1. The first-order valence-electron chi connectivity index (χ1n) is 6.15. The van der Waals surface area contributed by atoms with Gasteiger partial charge in [-0.3, -0.25) is 0 Å². The van der Waals surface area contributed by atoms with Gasteiger partial charge in [0.15, 0.2) is 17.4 Å². The number of nitrogens with two attached hydrogens (primary N) is 1. The van der Waals surface area contributed by atoms with Gasteiger partial charge < -0.3 is 15.2 Å². The quantitative estimate of drug-likeness (QED) is 0.865. The number of anilines is 1. The van der Waals surface area contributed by atoms with Gasteiger partial charge in [0.2, 0.25) is 5.05 Å². The molecular weight excluding hydrogens is 329 g/mol. The lowest BCUT2D eigenvalue weighted by Gasteiger charge is -2.12. The first-order chi connectivity index (χ1) is 10.4. The van der Waals surface area contributed by atoms with E-state index in [2.05, 4.69) is 9.97 Å². The molecule has 0 aliphatic heterocycles. The first kappa shape index (κ1) is 16.4. The number of ether oxygens (including phenoxy) is 2. The second-order valence-electron chi connectivity index (χ2n) is 4.34. The first-order valence-corrected chi connectivity index (χ1v) is 6.94. The third-order valence-corrected chi connectivity index (χ3v) is 3.71. The summed E-state index contributed by atoms with van der Waals surface area (Å²) in [5.74, 6) is -0.497. The maximum absolute atomic E-state index is 14.5. The minimum Gasteiger partial charge on any atom is -0.492 e. The van der Waals surface area contributed by atoms with Crippen molar-refractivity contribution in [1.82, 2.24) is 9.97 Å². The summed E-state index contributed by atoms with van der Waals surface area (Å²) in [6, 6.07) is 2.94. The van der Waals surface area contributed by atoms with Crippen molar-refractivity contribution in [3.63, 3.8) is 0 Å². The monoisotopic (exact) mass is 341 g/mol. The lowest BCUT2D eigenvalue weighted by molar-refractivity contribution is 0.387. The zero-order valence-corrected chi connectivity index (χ0v) is 13.7. The van der Waals surface area contributed by atoms with Crippen LogP contribution in [0.15, 0.2) is 12.1 Å². The lowest BCUT2D eigenvalue weighted by atomic mass is 10.1. The van der Waals surface area contributed by atoms with E-state index in [4.69, 9.17) is 39.0 Å². The fraction of sp³-hybridized carbons (Fsp3) is 0.214. The fourth-order valence-corrected chi connectivity index (χ4v) is 2.26. The molecule has 5 nitrogen and oxygen atoms in total. The van der Waals surface area contributed by atoms with Gasteiger partial charge in [-0.1, -0.05) is 11.6 Å². The maximum atomic E-state index is 14.5. The molecule has 1 heterocycles. The number of rotatable bonds is 3. The third kappa shape index (κ3) is 2.82. The summed E-state index contributed by atoms with van der Waals surface area (Å²) in [7, 11) is 2.75. The fourth-order valence-electron chi connectivity index (χ4n) is 1.84. The molecule has 2 rings (SSSR count). The summed E-state index contributed by atoms with van der Waals surface area (Å²) >= 11 is 11.0. The number of hydrogen-bond donors (Lipinski definition) is 1. The van der Waals surface area contributed by atoms with E-state index in [-0.39, 0.29) is 33.0 Å². The molecule has 2 N–H and O–H groups in total. The molecule has 0 unspecified atom stereocenters. The Morgan fingerprint density at radius 2 is 2.00 bits per heavy atom. The van der Waals surface area contributed by atoms with Crippen LogP contribution in [0.4, 0.5) is 10.2 Å². The molecule has 0 saturated heterocycles. The Morgan fingerprint density at radius 3 is 2.59 bits per heavy atom. The van der Waals surface area contributed by atoms with Crippen molar-refractivity contribution in [1.29, 1.82) is 0 Å². The van der Waals surface area contributed by atoms with E-state index in [1.807, 2.05) is 0 Å². The van der Waals surface area contributed by atoms with Crippen molar-refractivity contribution in [3.05, 3.63) is 34.2 Å². The summed E-state index contributed by atoms with van der Waals surface area (Å²) in [4.78, 5) is 8.34. The van der Waals surface area contributed by atoms with Gasteiger partial charge in [0.05, 0.1) is 24.8 Å². The molecule has 0 atom stereocenters. The number of nitrogen functional groups attached to an aromatic ring is 1. The van der Waals surface area contributed by atoms with Crippen LogP contribution >= 0.6 is 23.8 Å². The topological polar surface area (TPSA) is 70.3 Å². The second kappa shape index (κ2) is 6.41. The number of halogens is 2. The molecule has 0 saturated carbocycles. The molecule has 0 radical (unpaired) electrons. The van der Waals surface area contributed by atoms with Crippen LogP contribution in [0, 0.1) is 12.7 Å². The molecular formula is C14H13ClFN3O2S. The van der Waals surface area contributed by atoms with E-state index in [0.29, 0.717) is 11.3 Å². The van der Waals surface area contributed by atoms with Crippen LogP contribution < -0.4 is 10.5 Å². The highest BCUT2D eigenvalue weighted by Crippen LogP contribution is 2.34. The van der Waals surface area contributed by atoms with Gasteiger partial charge in [0, 0.05) is 5.56 Å². The highest BCUT2D eigenvalue weighted by atomic mass is 35.5. The van der Waals surface area contributed by atoms with Crippen LogP contribution in [0.5, 0.6) is 5.75 Å². The van der Waals surface area contributed by atoms with Gasteiger partial charge in [-0.25, -0.2) is 14.4 Å². The van der Waals surface area contributed by atoms with Crippen molar-refractivity contribution in [3.8, 4) is 17.1 Å². The Balaban J connectivity index is 2.69. The molecule has 0 aliphatic carbocycles. The second-order valence-corrected chi connectivity index (χ2v) is 5.12. The van der Waals surface area contributed by atoms with Crippen LogP contribution in [0.2, 0.25) is 5.02 Å². The number of nitrogens with zero attached hydrogens (tertiary/aromatic N) is 2.